The van der Waals surface area contributed by atoms with Crippen LogP contribution in [0.25, 0.3) is 0 Å². The molecule has 1 aromatic carbocycles. The van der Waals surface area contributed by atoms with Crippen LogP contribution in [0.5, 0.6) is 0 Å². The number of hydrogen-bond acceptors (Lipinski definition) is 6. The van der Waals surface area contributed by atoms with Crippen molar-refractivity contribution in [3.63, 3.8) is 0 Å². The number of aromatic nitrogens is 1. The number of anilines is 1. The van der Waals surface area contributed by atoms with Gasteiger partial charge in [-0.15, -0.1) is 0 Å². The maximum absolute atomic E-state index is 13.1. The lowest BCUT2D eigenvalue weighted by atomic mass is 10.1. The predicted octanol–water partition coefficient (Wildman–Crippen LogP) is 2.04. The molecule has 1 aromatic heterocycles. The van der Waals surface area contributed by atoms with Crippen molar-refractivity contribution < 1.29 is 18.0 Å². The van der Waals surface area contributed by atoms with Gasteiger partial charge in [0.25, 0.3) is 17.4 Å². The number of fused-ring (bicyclic) bond motifs is 1. The van der Waals surface area contributed by atoms with Gasteiger partial charge in [-0.1, -0.05) is 17.7 Å². The largest absolute Gasteiger partial charge is 0.387 e. The van der Waals surface area contributed by atoms with E-state index in [1.807, 2.05) is 6.07 Å². The molecule has 0 unspecified atom stereocenters. The van der Waals surface area contributed by atoms with Gasteiger partial charge in [0, 0.05) is 33.2 Å². The Morgan fingerprint density at radius 1 is 1.14 bits per heavy atom. The van der Waals surface area contributed by atoms with Crippen LogP contribution in [0.2, 0.25) is 5.02 Å². The van der Waals surface area contributed by atoms with Gasteiger partial charge in [0.15, 0.2) is 9.84 Å². The summed E-state index contributed by atoms with van der Waals surface area (Å²) in [4.78, 5) is 40.4. The van der Waals surface area contributed by atoms with Gasteiger partial charge in [0.05, 0.1) is 20.7 Å². The van der Waals surface area contributed by atoms with Gasteiger partial charge in [0.2, 0.25) is 0 Å². The predicted molar refractivity (Wildman–Crippen MR) is 133 cm³/mol. The lowest BCUT2D eigenvalue weighted by Crippen LogP contribution is -2.50. The van der Waals surface area contributed by atoms with E-state index in [-0.39, 0.29) is 48.6 Å². The van der Waals surface area contributed by atoms with Crippen molar-refractivity contribution >= 4 is 38.9 Å². The van der Waals surface area contributed by atoms with Crippen molar-refractivity contribution in [3.05, 3.63) is 62.5 Å². The summed E-state index contributed by atoms with van der Waals surface area (Å²) in [6.07, 6.45) is 2.56. The molecule has 3 aliphatic rings. The van der Waals surface area contributed by atoms with Crippen LogP contribution < -0.4 is 16.2 Å². The molecule has 2 heterocycles. The number of sulfone groups is 1. The lowest BCUT2D eigenvalue weighted by molar-refractivity contribution is 0.0695. The topological polar surface area (TPSA) is 118 Å². The van der Waals surface area contributed by atoms with Crippen LogP contribution in [-0.2, 0) is 22.9 Å². The van der Waals surface area contributed by atoms with Crippen LogP contribution in [0.1, 0.15) is 52.1 Å². The number of carbonyl (C=O) groups is 2. The third-order valence-electron chi connectivity index (χ3n) is 7.13. The average molecular weight is 519 g/mol. The van der Waals surface area contributed by atoms with Crippen molar-refractivity contribution in [2.75, 3.05) is 25.5 Å². The molecule has 11 heteroatoms. The molecule has 9 nitrogen and oxygen atoms in total. The molecule has 2 amide bonds. The number of pyridine rings is 1. The van der Waals surface area contributed by atoms with Gasteiger partial charge < -0.3 is 20.1 Å². The van der Waals surface area contributed by atoms with Crippen LogP contribution in [0, 0.1) is 0 Å². The summed E-state index contributed by atoms with van der Waals surface area (Å²) in [6.45, 7) is 0.812. The highest BCUT2D eigenvalue weighted by Gasteiger charge is 2.60. The fraction of sp³-hybridized carbons (Fsp3) is 0.458. The molecule has 1 aliphatic heterocycles. The van der Waals surface area contributed by atoms with E-state index in [1.165, 1.54) is 16.7 Å². The van der Waals surface area contributed by atoms with Crippen molar-refractivity contribution in [3.8, 4) is 0 Å². The Labute approximate surface area is 208 Å². The van der Waals surface area contributed by atoms with E-state index < -0.39 is 26.1 Å². The molecule has 35 heavy (non-hydrogen) atoms. The highest BCUT2D eigenvalue weighted by atomic mass is 35.5. The van der Waals surface area contributed by atoms with Crippen LogP contribution >= 0.6 is 11.6 Å². The summed E-state index contributed by atoms with van der Waals surface area (Å²) >= 11 is 6.09. The Hall–Kier alpha value is -2.85. The molecule has 0 saturated heterocycles. The third-order valence-corrected chi connectivity index (χ3v) is 10.5. The van der Waals surface area contributed by atoms with Crippen molar-refractivity contribution in [2.24, 2.45) is 0 Å². The summed E-state index contributed by atoms with van der Waals surface area (Å²) in [5, 5.41) is 6.01. The molecular weight excluding hydrogens is 492 g/mol. The first kappa shape index (κ1) is 23.9. The minimum atomic E-state index is -3.24. The zero-order valence-corrected chi connectivity index (χ0v) is 20.9. The number of nitrogens with one attached hydrogen (secondary N) is 2. The number of hydrogen-bond donors (Lipinski definition) is 2. The summed E-state index contributed by atoms with van der Waals surface area (Å²) in [5.41, 5.74) is 1.13. The van der Waals surface area contributed by atoms with E-state index >= 15 is 0 Å². The van der Waals surface area contributed by atoms with Gasteiger partial charge in [-0.05, 0) is 55.5 Å². The number of halogens is 1. The Bertz CT molecular complexity index is 1380. The lowest BCUT2D eigenvalue weighted by Gasteiger charge is -2.32. The number of carbonyl (C=O) groups excluding carboxylic acids is 2. The molecule has 2 aromatic rings. The quantitative estimate of drug-likeness (QED) is 0.552. The summed E-state index contributed by atoms with van der Waals surface area (Å²) in [6, 6.07) is 8.15. The zero-order chi connectivity index (χ0) is 25.0. The van der Waals surface area contributed by atoms with E-state index in [9.17, 15) is 22.8 Å². The minimum absolute atomic E-state index is 0.0484. The first-order valence-corrected chi connectivity index (χ1v) is 13.6. The summed E-state index contributed by atoms with van der Waals surface area (Å²) in [7, 11) is -1.50. The van der Waals surface area contributed by atoms with Crippen LogP contribution in [0.4, 0.5) is 5.69 Å². The van der Waals surface area contributed by atoms with Crippen molar-refractivity contribution in [1.29, 1.82) is 0 Å². The monoisotopic (exact) mass is 518 g/mol. The number of benzene rings is 1. The van der Waals surface area contributed by atoms with Crippen molar-refractivity contribution in [1.82, 2.24) is 14.8 Å². The Kier molecular flexibility index (Phi) is 5.91. The molecule has 0 bridgehead atoms. The first-order chi connectivity index (χ1) is 16.7. The molecule has 2 fully saturated rings. The smallest absolute Gasteiger partial charge is 0.270 e. The molecular formula is C24H27ClN4O5S. The normalized spacial score (nSPS) is 18.7. The molecule has 2 saturated carbocycles. The fourth-order valence-electron chi connectivity index (χ4n) is 4.70. The number of nitrogens with zero attached hydrogens (tertiary/aromatic N) is 2. The molecule has 5 rings (SSSR count). The average Bonchev–Trinajstić information content (AvgIpc) is 3.75. The maximum Gasteiger partial charge on any atom is 0.270 e. The molecule has 0 spiro atoms. The fourth-order valence-corrected chi connectivity index (χ4v) is 7.38. The Morgan fingerprint density at radius 3 is 2.54 bits per heavy atom. The summed E-state index contributed by atoms with van der Waals surface area (Å²) in [5.74, 6) is -0.910. The highest BCUT2D eigenvalue weighted by Crippen LogP contribution is 2.50. The van der Waals surface area contributed by atoms with Crippen LogP contribution in [-0.4, -0.2) is 59.8 Å². The van der Waals surface area contributed by atoms with E-state index in [0.717, 1.165) is 11.3 Å². The number of rotatable bonds is 8. The first-order valence-electron chi connectivity index (χ1n) is 11.7. The minimum Gasteiger partial charge on any atom is -0.387 e. The van der Waals surface area contributed by atoms with E-state index in [1.54, 1.807) is 24.1 Å². The van der Waals surface area contributed by atoms with E-state index in [0.29, 0.717) is 30.7 Å². The third kappa shape index (κ3) is 4.23. The Balaban J connectivity index is 1.30. The molecule has 0 atom stereocenters. The van der Waals surface area contributed by atoms with Crippen LogP contribution in [0.3, 0.4) is 0 Å². The highest BCUT2D eigenvalue weighted by molar-refractivity contribution is 7.94. The second-order valence-electron chi connectivity index (χ2n) is 9.49. The molecule has 0 radical (unpaired) electrons. The number of amides is 2. The molecule has 186 valence electrons. The van der Waals surface area contributed by atoms with Crippen molar-refractivity contribution in [2.45, 2.75) is 48.8 Å². The van der Waals surface area contributed by atoms with E-state index in [4.69, 9.17) is 11.6 Å². The van der Waals surface area contributed by atoms with E-state index in [2.05, 4.69) is 10.6 Å². The molecule has 2 N–H and O–H groups in total. The Morgan fingerprint density at radius 2 is 1.89 bits per heavy atom. The second-order valence-corrected chi connectivity index (χ2v) is 12.5. The summed E-state index contributed by atoms with van der Waals surface area (Å²) < 4.78 is 26.2. The van der Waals surface area contributed by atoms with Gasteiger partial charge >= 0.3 is 0 Å². The maximum atomic E-state index is 13.1. The second kappa shape index (κ2) is 8.67. The van der Waals surface area contributed by atoms with Gasteiger partial charge in [0.1, 0.15) is 11.3 Å². The van der Waals surface area contributed by atoms with Gasteiger partial charge in [-0.3, -0.25) is 14.4 Å². The standard InChI is InChI=1S/C24H27ClN4O5S/c1-26-19-12-15(2-6-18(19)25)13-27-21(30)17-5-7-20-23(32)28(10-11-29(20)22(17)31)14-24(8-9-24)35(33,34)16-3-4-16/h2,5-7,12,16,26H,3-4,8-11,13-14H2,1H3,(H,27,30). The molecule has 2 aliphatic carbocycles. The van der Waals surface area contributed by atoms with Gasteiger partial charge in [-0.2, -0.15) is 0 Å². The van der Waals surface area contributed by atoms with Gasteiger partial charge in [-0.25, -0.2) is 8.42 Å². The van der Waals surface area contributed by atoms with Crippen LogP contribution in [0.15, 0.2) is 35.1 Å². The zero-order valence-electron chi connectivity index (χ0n) is 19.3. The SMILES string of the molecule is CNc1cc(CNC(=O)c2ccc3n(c2=O)CCN(CC2(S(=O)(=O)C4CC4)CC2)C3=O)ccc1Cl.